The summed E-state index contributed by atoms with van der Waals surface area (Å²) in [7, 11) is 1.72. The maximum Gasteiger partial charge on any atom is 0.267 e. The molecule has 1 atom stereocenters. The van der Waals surface area contributed by atoms with E-state index in [-0.39, 0.29) is 12.5 Å². The van der Waals surface area contributed by atoms with Gasteiger partial charge in [-0.2, -0.15) is 0 Å². The van der Waals surface area contributed by atoms with Gasteiger partial charge in [-0.3, -0.25) is 4.79 Å². The monoisotopic (exact) mass is 351 g/mol. The van der Waals surface area contributed by atoms with E-state index in [1.807, 2.05) is 24.3 Å². The number of likely N-dealkylation sites (N-methyl/N-ethyl adjacent to an activating group) is 1. The smallest absolute Gasteiger partial charge is 0.267 e. The summed E-state index contributed by atoms with van der Waals surface area (Å²) in [5, 5.41) is 0.959. The van der Waals surface area contributed by atoms with Crippen LogP contribution in [-0.4, -0.2) is 30.6 Å². The molecule has 1 amide bonds. The first-order chi connectivity index (χ1) is 11.0. The zero-order chi connectivity index (χ0) is 16.4. The molecular formula is C17H15Cl2NO3. The summed E-state index contributed by atoms with van der Waals surface area (Å²) in [4.78, 5) is 14.1. The maximum atomic E-state index is 12.5. The number of ether oxygens (including phenoxy) is 2. The number of para-hydroxylation sites is 2. The third-order valence-electron chi connectivity index (χ3n) is 3.56. The minimum Gasteiger partial charge on any atom is -0.485 e. The number of carbonyl (C=O) groups excluding carboxylic acids is 1. The van der Waals surface area contributed by atoms with Crippen molar-refractivity contribution >= 4 is 29.1 Å². The quantitative estimate of drug-likeness (QED) is 0.844. The van der Waals surface area contributed by atoms with Gasteiger partial charge in [0.2, 0.25) is 6.10 Å². The second-order valence-corrected chi connectivity index (χ2v) is 6.12. The van der Waals surface area contributed by atoms with Gasteiger partial charge in [0.15, 0.2) is 11.5 Å². The molecule has 1 heterocycles. The molecule has 0 spiro atoms. The summed E-state index contributed by atoms with van der Waals surface area (Å²) in [6, 6.07) is 12.6. The number of benzene rings is 2. The van der Waals surface area contributed by atoms with Gasteiger partial charge < -0.3 is 14.4 Å². The molecule has 4 nitrogen and oxygen atoms in total. The van der Waals surface area contributed by atoms with Crippen LogP contribution in [0.2, 0.25) is 10.0 Å². The topological polar surface area (TPSA) is 38.8 Å². The number of hydrogen-bond donors (Lipinski definition) is 0. The summed E-state index contributed by atoms with van der Waals surface area (Å²) < 4.78 is 11.3. The minimum atomic E-state index is -0.655. The Morgan fingerprint density at radius 1 is 1.17 bits per heavy atom. The minimum absolute atomic E-state index is 0.148. The second kappa shape index (κ2) is 6.69. The number of hydrogen-bond acceptors (Lipinski definition) is 3. The first-order valence-corrected chi connectivity index (χ1v) is 7.87. The highest BCUT2D eigenvalue weighted by atomic mass is 35.5. The molecule has 0 radical (unpaired) electrons. The molecule has 0 fully saturated rings. The molecule has 0 saturated heterocycles. The highest BCUT2D eigenvalue weighted by molar-refractivity contribution is 6.42. The molecule has 120 valence electrons. The van der Waals surface area contributed by atoms with Crippen molar-refractivity contribution in [2.75, 3.05) is 13.7 Å². The zero-order valence-electron chi connectivity index (χ0n) is 12.5. The molecule has 2 aromatic carbocycles. The molecule has 0 saturated carbocycles. The van der Waals surface area contributed by atoms with Gasteiger partial charge >= 0.3 is 0 Å². The Balaban J connectivity index is 1.67. The van der Waals surface area contributed by atoms with Crippen LogP contribution in [0.1, 0.15) is 5.56 Å². The largest absolute Gasteiger partial charge is 0.485 e. The number of amides is 1. The average molecular weight is 352 g/mol. The van der Waals surface area contributed by atoms with Crippen LogP contribution in [-0.2, 0) is 11.3 Å². The lowest BCUT2D eigenvalue weighted by Crippen LogP contribution is -2.44. The lowest BCUT2D eigenvalue weighted by Gasteiger charge is -2.28. The molecule has 1 aliphatic heterocycles. The van der Waals surface area contributed by atoms with E-state index in [0.717, 1.165) is 5.56 Å². The van der Waals surface area contributed by atoms with Gasteiger partial charge in [0.25, 0.3) is 5.91 Å². The van der Waals surface area contributed by atoms with E-state index >= 15 is 0 Å². The Morgan fingerprint density at radius 2 is 1.91 bits per heavy atom. The molecule has 1 aliphatic rings. The molecule has 0 aliphatic carbocycles. The van der Waals surface area contributed by atoms with Crippen molar-refractivity contribution in [1.82, 2.24) is 4.90 Å². The van der Waals surface area contributed by atoms with Crippen molar-refractivity contribution in [3.8, 4) is 11.5 Å². The first-order valence-electron chi connectivity index (χ1n) is 7.12. The van der Waals surface area contributed by atoms with Gasteiger partial charge in [-0.15, -0.1) is 0 Å². The molecule has 6 heteroatoms. The van der Waals surface area contributed by atoms with E-state index in [4.69, 9.17) is 32.7 Å². The van der Waals surface area contributed by atoms with Gasteiger partial charge in [-0.25, -0.2) is 0 Å². The van der Waals surface area contributed by atoms with Crippen molar-refractivity contribution in [3.63, 3.8) is 0 Å². The molecule has 3 rings (SSSR count). The van der Waals surface area contributed by atoms with Crippen molar-refractivity contribution in [3.05, 3.63) is 58.1 Å². The SMILES string of the molecule is CN(Cc1ccc(Cl)c(Cl)c1)C(=O)[C@@H]1COc2ccccc2O1. The van der Waals surface area contributed by atoms with Crippen molar-refractivity contribution < 1.29 is 14.3 Å². The normalized spacial score (nSPS) is 16.0. The highest BCUT2D eigenvalue weighted by Gasteiger charge is 2.29. The fourth-order valence-corrected chi connectivity index (χ4v) is 2.70. The van der Waals surface area contributed by atoms with E-state index in [9.17, 15) is 4.79 Å². The Hall–Kier alpha value is -1.91. The highest BCUT2D eigenvalue weighted by Crippen LogP contribution is 2.31. The number of rotatable bonds is 3. The van der Waals surface area contributed by atoms with E-state index in [0.29, 0.717) is 28.1 Å². The summed E-state index contributed by atoms with van der Waals surface area (Å²) in [6.45, 7) is 0.610. The fourth-order valence-electron chi connectivity index (χ4n) is 2.38. The lowest BCUT2D eigenvalue weighted by atomic mass is 10.2. The fraction of sp³-hybridized carbons (Fsp3) is 0.235. The maximum absolute atomic E-state index is 12.5. The third-order valence-corrected chi connectivity index (χ3v) is 4.30. The molecular weight excluding hydrogens is 337 g/mol. The summed E-state index contributed by atoms with van der Waals surface area (Å²) in [6.07, 6.45) is -0.655. The average Bonchev–Trinajstić information content (AvgIpc) is 2.57. The Labute approximate surface area is 144 Å². The number of carbonyl (C=O) groups is 1. The van der Waals surface area contributed by atoms with Gasteiger partial charge in [-0.05, 0) is 29.8 Å². The van der Waals surface area contributed by atoms with Crippen LogP contribution in [0.25, 0.3) is 0 Å². The lowest BCUT2D eigenvalue weighted by molar-refractivity contribution is -0.140. The molecule has 0 bridgehead atoms. The van der Waals surface area contributed by atoms with E-state index in [2.05, 4.69) is 0 Å². The number of nitrogens with zero attached hydrogens (tertiary/aromatic N) is 1. The van der Waals surface area contributed by atoms with Gasteiger partial charge in [-0.1, -0.05) is 41.4 Å². The van der Waals surface area contributed by atoms with Crippen molar-refractivity contribution in [2.24, 2.45) is 0 Å². The van der Waals surface area contributed by atoms with Crippen LogP contribution >= 0.6 is 23.2 Å². The van der Waals surface area contributed by atoms with Crippen molar-refractivity contribution in [2.45, 2.75) is 12.6 Å². The molecule has 0 aromatic heterocycles. The predicted octanol–water partition coefficient (Wildman–Crippen LogP) is 3.79. The van der Waals surface area contributed by atoms with Gasteiger partial charge in [0.1, 0.15) is 6.61 Å². The summed E-state index contributed by atoms with van der Waals surface area (Å²) in [5.41, 5.74) is 0.896. The molecule has 0 N–H and O–H groups in total. The van der Waals surface area contributed by atoms with E-state index < -0.39 is 6.10 Å². The molecule has 2 aromatic rings. The van der Waals surface area contributed by atoms with E-state index in [1.54, 1.807) is 30.1 Å². The van der Waals surface area contributed by atoms with Crippen LogP contribution in [0, 0.1) is 0 Å². The van der Waals surface area contributed by atoms with Crippen LogP contribution in [0.15, 0.2) is 42.5 Å². The van der Waals surface area contributed by atoms with Crippen molar-refractivity contribution in [1.29, 1.82) is 0 Å². The Bertz CT molecular complexity index is 736. The zero-order valence-corrected chi connectivity index (χ0v) is 14.0. The predicted molar refractivity (Wildman–Crippen MR) is 89.3 cm³/mol. The van der Waals surface area contributed by atoms with Crippen LogP contribution in [0.5, 0.6) is 11.5 Å². The first kappa shape index (κ1) is 16.0. The summed E-state index contributed by atoms with van der Waals surface area (Å²) >= 11 is 11.9. The Kier molecular flexibility index (Phi) is 4.64. The number of fused-ring (bicyclic) bond motifs is 1. The molecule has 0 unspecified atom stereocenters. The standard InChI is InChI=1S/C17H15Cl2NO3/c1-20(9-11-6-7-12(18)13(19)8-11)17(21)16-10-22-14-4-2-3-5-15(14)23-16/h2-8,16H,9-10H2,1H3/t16-/m0/s1. The summed E-state index contributed by atoms with van der Waals surface area (Å²) in [5.74, 6) is 1.09. The van der Waals surface area contributed by atoms with Crippen LogP contribution < -0.4 is 9.47 Å². The molecule has 23 heavy (non-hydrogen) atoms. The second-order valence-electron chi connectivity index (χ2n) is 5.31. The van der Waals surface area contributed by atoms with Gasteiger partial charge in [0, 0.05) is 13.6 Å². The third kappa shape index (κ3) is 3.54. The van der Waals surface area contributed by atoms with Gasteiger partial charge in [0.05, 0.1) is 10.0 Å². The van der Waals surface area contributed by atoms with Crippen LogP contribution in [0.3, 0.4) is 0 Å². The van der Waals surface area contributed by atoms with E-state index in [1.165, 1.54) is 0 Å². The van der Waals surface area contributed by atoms with Crippen LogP contribution in [0.4, 0.5) is 0 Å². The Morgan fingerprint density at radius 3 is 2.65 bits per heavy atom. The number of halogens is 2.